The maximum atomic E-state index is 4.44. The molecule has 0 aromatic rings. The number of aliphatic imine (C=N–C) groups is 1. The Hall–Kier alpha value is -1.11. The summed E-state index contributed by atoms with van der Waals surface area (Å²) >= 11 is 0. The number of fused-ring (bicyclic) bond motifs is 1. The lowest BCUT2D eigenvalue weighted by Crippen LogP contribution is -1.98. The van der Waals surface area contributed by atoms with Crippen LogP contribution in [0.2, 0.25) is 0 Å². The monoisotopic (exact) mass is 187 g/mol. The molecule has 1 aliphatic carbocycles. The second-order valence-electron chi connectivity index (χ2n) is 4.61. The third-order valence-corrected chi connectivity index (χ3v) is 2.83. The third kappa shape index (κ3) is 1.37. The maximum absolute atomic E-state index is 4.44. The van der Waals surface area contributed by atoms with Crippen LogP contribution in [0.25, 0.3) is 0 Å². The fourth-order valence-corrected chi connectivity index (χ4v) is 1.86. The molecule has 1 aliphatic heterocycles. The van der Waals surface area contributed by atoms with Crippen LogP contribution in [-0.4, -0.2) is 5.71 Å². The lowest BCUT2D eigenvalue weighted by atomic mass is 9.96. The summed E-state index contributed by atoms with van der Waals surface area (Å²) in [6, 6.07) is 0. The van der Waals surface area contributed by atoms with Gasteiger partial charge in [-0.05, 0) is 35.1 Å². The first kappa shape index (κ1) is 9.45. The van der Waals surface area contributed by atoms with Gasteiger partial charge in [0.2, 0.25) is 0 Å². The minimum Gasteiger partial charge on any atom is -0.256 e. The zero-order valence-electron chi connectivity index (χ0n) is 9.33. The molecule has 2 rings (SSSR count). The first-order valence-corrected chi connectivity index (χ1v) is 5.31. The predicted octanol–water partition coefficient (Wildman–Crippen LogP) is 3.50. The molecule has 0 aromatic heterocycles. The zero-order valence-corrected chi connectivity index (χ0v) is 9.33. The van der Waals surface area contributed by atoms with Gasteiger partial charge in [0.15, 0.2) is 0 Å². The first-order valence-electron chi connectivity index (χ1n) is 5.31. The fourth-order valence-electron chi connectivity index (χ4n) is 1.86. The normalized spacial score (nSPS) is 19.6. The number of hydrogen-bond donors (Lipinski definition) is 0. The Kier molecular flexibility index (Phi) is 2.18. The van der Waals surface area contributed by atoms with Gasteiger partial charge < -0.3 is 0 Å². The summed E-state index contributed by atoms with van der Waals surface area (Å²) in [4.78, 5) is 4.44. The van der Waals surface area contributed by atoms with Crippen LogP contribution >= 0.6 is 0 Å². The molecule has 0 aromatic carbocycles. The molecule has 0 fully saturated rings. The van der Waals surface area contributed by atoms with Crippen LogP contribution in [0.1, 0.15) is 27.7 Å². The quantitative estimate of drug-likeness (QED) is 0.627. The molecule has 1 heterocycles. The average Bonchev–Trinajstić information content (AvgIpc) is 2.58. The van der Waals surface area contributed by atoms with Crippen molar-refractivity contribution in [3.8, 4) is 0 Å². The predicted molar refractivity (Wildman–Crippen MR) is 61.4 cm³/mol. The van der Waals surface area contributed by atoms with Crippen molar-refractivity contribution in [2.24, 2.45) is 16.8 Å². The van der Waals surface area contributed by atoms with E-state index in [4.69, 9.17) is 0 Å². The van der Waals surface area contributed by atoms with Crippen molar-refractivity contribution < 1.29 is 0 Å². The Morgan fingerprint density at radius 3 is 2.29 bits per heavy atom. The molecule has 14 heavy (non-hydrogen) atoms. The van der Waals surface area contributed by atoms with Crippen LogP contribution in [0.15, 0.2) is 40.1 Å². The molecular formula is C13H17N. The van der Waals surface area contributed by atoms with E-state index in [9.17, 15) is 0 Å². The second-order valence-corrected chi connectivity index (χ2v) is 4.61. The largest absolute Gasteiger partial charge is 0.256 e. The highest BCUT2D eigenvalue weighted by molar-refractivity contribution is 6.16. The molecule has 0 saturated carbocycles. The molecule has 0 unspecified atom stereocenters. The molecule has 2 aliphatic rings. The minimum absolute atomic E-state index is 0.572. The highest BCUT2D eigenvalue weighted by Gasteiger charge is 2.23. The highest BCUT2D eigenvalue weighted by atomic mass is 14.7. The van der Waals surface area contributed by atoms with Crippen molar-refractivity contribution in [2.75, 3.05) is 0 Å². The van der Waals surface area contributed by atoms with Crippen molar-refractivity contribution in [3.63, 3.8) is 0 Å². The van der Waals surface area contributed by atoms with Gasteiger partial charge in [-0.15, -0.1) is 0 Å². The SMILES string of the molecule is CC(C)C1=CC2=NC=C(C(C)C)C2=C1. The van der Waals surface area contributed by atoms with Gasteiger partial charge in [0.25, 0.3) is 0 Å². The maximum Gasteiger partial charge on any atom is 0.0708 e. The minimum atomic E-state index is 0.572. The molecule has 0 N–H and O–H groups in total. The van der Waals surface area contributed by atoms with Crippen molar-refractivity contribution in [1.29, 1.82) is 0 Å². The number of allylic oxidation sites excluding steroid dienone is 5. The zero-order chi connectivity index (χ0) is 10.3. The summed E-state index contributed by atoms with van der Waals surface area (Å²) < 4.78 is 0. The summed E-state index contributed by atoms with van der Waals surface area (Å²) in [5, 5.41) is 0. The van der Waals surface area contributed by atoms with Gasteiger partial charge in [0, 0.05) is 11.8 Å². The fraction of sp³-hybridized carbons (Fsp3) is 0.462. The van der Waals surface area contributed by atoms with E-state index in [2.05, 4.69) is 44.8 Å². The Balaban J connectivity index is 2.29. The molecule has 74 valence electrons. The number of rotatable bonds is 2. The molecule has 0 saturated heterocycles. The molecule has 1 nitrogen and oxygen atoms in total. The molecule has 0 amide bonds. The highest BCUT2D eigenvalue weighted by Crippen LogP contribution is 2.33. The molecule has 0 atom stereocenters. The van der Waals surface area contributed by atoms with E-state index < -0.39 is 0 Å². The average molecular weight is 187 g/mol. The molecular weight excluding hydrogens is 170 g/mol. The molecule has 0 spiro atoms. The van der Waals surface area contributed by atoms with Crippen molar-refractivity contribution in [2.45, 2.75) is 27.7 Å². The number of nitrogens with zero attached hydrogens (tertiary/aromatic N) is 1. The topological polar surface area (TPSA) is 12.4 Å². The van der Waals surface area contributed by atoms with Crippen LogP contribution in [0.3, 0.4) is 0 Å². The first-order chi connectivity index (χ1) is 6.59. The van der Waals surface area contributed by atoms with Crippen molar-refractivity contribution in [3.05, 3.63) is 35.1 Å². The van der Waals surface area contributed by atoms with Gasteiger partial charge in [-0.3, -0.25) is 4.99 Å². The van der Waals surface area contributed by atoms with Crippen molar-refractivity contribution >= 4 is 5.71 Å². The Bertz CT molecular complexity index is 364. The van der Waals surface area contributed by atoms with Gasteiger partial charge >= 0.3 is 0 Å². The molecule has 0 radical (unpaired) electrons. The summed E-state index contributed by atoms with van der Waals surface area (Å²) in [6.07, 6.45) is 6.52. The molecule has 1 heteroatoms. The van der Waals surface area contributed by atoms with Gasteiger partial charge in [0.1, 0.15) is 0 Å². The second kappa shape index (κ2) is 3.23. The lowest BCUT2D eigenvalue weighted by molar-refractivity contribution is 0.780. The number of hydrogen-bond acceptors (Lipinski definition) is 1. The van der Waals surface area contributed by atoms with Gasteiger partial charge in [-0.1, -0.05) is 27.7 Å². The Morgan fingerprint density at radius 2 is 1.71 bits per heavy atom. The van der Waals surface area contributed by atoms with Crippen LogP contribution in [-0.2, 0) is 0 Å². The Morgan fingerprint density at radius 1 is 1.00 bits per heavy atom. The summed E-state index contributed by atoms with van der Waals surface area (Å²) in [5.74, 6) is 1.17. The van der Waals surface area contributed by atoms with E-state index in [0.717, 1.165) is 5.71 Å². The third-order valence-electron chi connectivity index (χ3n) is 2.83. The smallest absolute Gasteiger partial charge is 0.0708 e. The summed E-state index contributed by atoms with van der Waals surface area (Å²) in [7, 11) is 0. The van der Waals surface area contributed by atoms with E-state index >= 15 is 0 Å². The van der Waals surface area contributed by atoms with E-state index in [1.807, 2.05) is 6.20 Å². The summed E-state index contributed by atoms with van der Waals surface area (Å²) in [5.41, 5.74) is 5.30. The van der Waals surface area contributed by atoms with Crippen LogP contribution in [0.5, 0.6) is 0 Å². The van der Waals surface area contributed by atoms with Crippen LogP contribution in [0.4, 0.5) is 0 Å². The van der Waals surface area contributed by atoms with Gasteiger partial charge in [0.05, 0.1) is 5.71 Å². The summed E-state index contributed by atoms with van der Waals surface area (Å²) in [6.45, 7) is 8.89. The molecule has 0 bridgehead atoms. The van der Waals surface area contributed by atoms with E-state index in [-0.39, 0.29) is 0 Å². The van der Waals surface area contributed by atoms with Crippen LogP contribution < -0.4 is 0 Å². The van der Waals surface area contributed by atoms with E-state index in [1.54, 1.807) is 0 Å². The van der Waals surface area contributed by atoms with Gasteiger partial charge in [-0.2, -0.15) is 0 Å². The van der Waals surface area contributed by atoms with E-state index in [0.29, 0.717) is 11.8 Å². The van der Waals surface area contributed by atoms with Crippen molar-refractivity contribution in [1.82, 2.24) is 0 Å². The lowest BCUT2D eigenvalue weighted by Gasteiger charge is -2.07. The van der Waals surface area contributed by atoms with Gasteiger partial charge in [-0.25, -0.2) is 0 Å². The van der Waals surface area contributed by atoms with E-state index in [1.165, 1.54) is 16.7 Å². The Labute approximate surface area is 85.9 Å². The van der Waals surface area contributed by atoms with Crippen LogP contribution in [0, 0.1) is 11.8 Å². The standard InChI is InChI=1S/C13H17N/c1-8(2)10-5-11-12(9(3)4)7-14-13(11)6-10/h5-9H,1-4H3.